The van der Waals surface area contributed by atoms with Gasteiger partial charge < -0.3 is 19.4 Å². The topological polar surface area (TPSA) is 69.6 Å². The summed E-state index contributed by atoms with van der Waals surface area (Å²) in [7, 11) is 0. The predicted octanol–water partition coefficient (Wildman–Crippen LogP) is 6.01. The molecule has 0 atom stereocenters. The lowest BCUT2D eigenvalue weighted by atomic mass is 9.96. The van der Waals surface area contributed by atoms with Crippen molar-refractivity contribution in [2.24, 2.45) is 5.41 Å². The molecule has 0 aliphatic rings. The van der Waals surface area contributed by atoms with E-state index in [1.807, 2.05) is 39.0 Å². The van der Waals surface area contributed by atoms with Gasteiger partial charge in [0, 0.05) is 16.4 Å². The molecular formula is C24H35BrN2O4. The van der Waals surface area contributed by atoms with E-state index in [0.29, 0.717) is 30.0 Å². The second kappa shape index (κ2) is 10.1. The number of hydrogen-bond donors (Lipinski definition) is 1. The van der Waals surface area contributed by atoms with Gasteiger partial charge in [-0.2, -0.15) is 0 Å². The van der Waals surface area contributed by atoms with Gasteiger partial charge >= 0.3 is 6.09 Å². The van der Waals surface area contributed by atoms with Crippen molar-refractivity contribution in [3.8, 4) is 5.75 Å². The highest BCUT2D eigenvalue weighted by molar-refractivity contribution is 9.10. The van der Waals surface area contributed by atoms with E-state index < -0.39 is 11.7 Å². The van der Waals surface area contributed by atoms with Crippen LogP contribution in [0.15, 0.2) is 27.5 Å². The molecule has 1 heterocycles. The number of benzene rings is 1. The minimum Gasteiger partial charge on any atom is -0.491 e. The van der Waals surface area contributed by atoms with Crippen LogP contribution in [-0.4, -0.2) is 22.9 Å². The average molecular weight is 495 g/mol. The molecule has 0 aliphatic heterocycles. The zero-order chi connectivity index (χ0) is 23.4. The molecule has 172 valence electrons. The highest BCUT2D eigenvalue weighted by Crippen LogP contribution is 2.32. The van der Waals surface area contributed by atoms with Crippen LogP contribution in [0.25, 0.3) is 10.8 Å². The van der Waals surface area contributed by atoms with E-state index in [9.17, 15) is 9.59 Å². The van der Waals surface area contributed by atoms with Crippen molar-refractivity contribution in [3.63, 3.8) is 0 Å². The lowest BCUT2D eigenvalue weighted by Gasteiger charge is -2.26. The second-order valence-electron chi connectivity index (χ2n) is 9.98. The number of amides is 1. The van der Waals surface area contributed by atoms with Crippen LogP contribution in [-0.2, 0) is 17.8 Å². The minimum absolute atomic E-state index is 0.0961. The molecule has 2 aromatic rings. The smallest absolute Gasteiger partial charge is 0.407 e. The maximum Gasteiger partial charge on any atom is 0.407 e. The summed E-state index contributed by atoms with van der Waals surface area (Å²) in [4.78, 5) is 25.8. The Morgan fingerprint density at radius 2 is 1.81 bits per heavy atom. The van der Waals surface area contributed by atoms with Crippen molar-refractivity contribution in [1.82, 2.24) is 9.88 Å². The van der Waals surface area contributed by atoms with E-state index in [1.165, 1.54) is 0 Å². The van der Waals surface area contributed by atoms with E-state index in [-0.39, 0.29) is 17.5 Å². The van der Waals surface area contributed by atoms with Gasteiger partial charge in [-0.15, -0.1) is 0 Å². The van der Waals surface area contributed by atoms with E-state index in [1.54, 1.807) is 4.57 Å². The Morgan fingerprint density at radius 3 is 2.39 bits per heavy atom. The largest absolute Gasteiger partial charge is 0.491 e. The molecular weight excluding hydrogens is 460 g/mol. The molecule has 0 saturated heterocycles. The Morgan fingerprint density at radius 1 is 1.13 bits per heavy atom. The standard InChI is InChI=1S/C24H35BrN2O4/c1-8-9-12-30-20-18-13-16(25)10-11-17(18)21(28)27(15-23(2,3)4)19(20)14-26-22(29)31-24(5,6)7/h10-11,13H,8-9,12,14-15H2,1-7H3,(H,26,29). The Balaban J connectivity index is 2.64. The van der Waals surface area contributed by atoms with Gasteiger partial charge in [-0.1, -0.05) is 50.0 Å². The molecule has 2 rings (SSSR count). The number of fused-ring (bicyclic) bond motifs is 1. The van der Waals surface area contributed by atoms with Crippen molar-refractivity contribution in [2.45, 2.75) is 80.0 Å². The predicted molar refractivity (Wildman–Crippen MR) is 129 cm³/mol. The fourth-order valence-corrected chi connectivity index (χ4v) is 3.56. The third kappa shape index (κ3) is 7.27. The zero-order valence-corrected chi connectivity index (χ0v) is 21.3. The molecule has 0 saturated carbocycles. The van der Waals surface area contributed by atoms with E-state index in [2.05, 4.69) is 48.9 Å². The van der Waals surface area contributed by atoms with Crippen molar-refractivity contribution in [1.29, 1.82) is 0 Å². The van der Waals surface area contributed by atoms with Gasteiger partial charge in [0.15, 0.2) is 0 Å². The van der Waals surface area contributed by atoms with E-state index >= 15 is 0 Å². The van der Waals surface area contributed by atoms with E-state index in [0.717, 1.165) is 22.7 Å². The molecule has 1 amide bonds. The summed E-state index contributed by atoms with van der Waals surface area (Å²) in [6.45, 7) is 14.9. The number of pyridine rings is 1. The maximum absolute atomic E-state index is 13.4. The molecule has 0 fully saturated rings. The molecule has 31 heavy (non-hydrogen) atoms. The van der Waals surface area contributed by atoms with Crippen molar-refractivity contribution in [2.75, 3.05) is 6.61 Å². The molecule has 0 bridgehead atoms. The minimum atomic E-state index is -0.607. The van der Waals surface area contributed by atoms with Crippen LogP contribution in [0.4, 0.5) is 4.79 Å². The summed E-state index contributed by atoms with van der Waals surface area (Å²) in [5, 5.41) is 4.14. The summed E-state index contributed by atoms with van der Waals surface area (Å²) in [6, 6.07) is 5.58. The quantitative estimate of drug-likeness (QED) is 0.478. The van der Waals surface area contributed by atoms with Crippen molar-refractivity contribution in [3.05, 3.63) is 38.7 Å². The summed E-state index contributed by atoms with van der Waals surface area (Å²) in [5.74, 6) is 0.629. The Hall–Kier alpha value is -2.02. The van der Waals surface area contributed by atoms with Gasteiger partial charge in [0.2, 0.25) is 0 Å². The van der Waals surface area contributed by atoms with Crippen LogP contribution in [0.3, 0.4) is 0 Å². The van der Waals surface area contributed by atoms with Gasteiger partial charge in [-0.3, -0.25) is 4.79 Å². The first kappa shape index (κ1) is 25.2. The highest BCUT2D eigenvalue weighted by Gasteiger charge is 2.23. The molecule has 1 N–H and O–H groups in total. The summed E-state index contributed by atoms with van der Waals surface area (Å²) >= 11 is 3.51. The van der Waals surface area contributed by atoms with Gasteiger partial charge in [-0.25, -0.2) is 4.79 Å². The number of nitrogens with one attached hydrogen (secondary N) is 1. The summed E-state index contributed by atoms with van der Waals surface area (Å²) in [6.07, 6.45) is 1.36. The molecule has 0 aliphatic carbocycles. The number of aromatic nitrogens is 1. The SMILES string of the molecule is CCCCOc1c(CNC(=O)OC(C)(C)C)n(CC(C)(C)C)c(=O)c2ccc(Br)cc12. The monoisotopic (exact) mass is 494 g/mol. The number of ether oxygens (including phenoxy) is 2. The number of carbonyl (C=O) groups excluding carboxylic acids is 1. The number of halogens is 1. The average Bonchev–Trinajstić information content (AvgIpc) is 2.62. The number of hydrogen-bond acceptors (Lipinski definition) is 4. The molecule has 7 heteroatoms. The van der Waals surface area contributed by atoms with Gasteiger partial charge in [0.25, 0.3) is 5.56 Å². The fraction of sp³-hybridized carbons (Fsp3) is 0.583. The van der Waals surface area contributed by atoms with Crippen LogP contribution in [0.1, 0.15) is 67.0 Å². The summed E-state index contributed by atoms with van der Waals surface area (Å²) < 4.78 is 14.2. The number of alkyl carbamates (subject to hydrolysis) is 1. The molecule has 0 unspecified atom stereocenters. The molecule has 1 aromatic heterocycles. The normalized spacial score (nSPS) is 12.1. The zero-order valence-electron chi connectivity index (χ0n) is 19.7. The number of carbonyl (C=O) groups is 1. The van der Waals surface area contributed by atoms with Crippen LogP contribution in [0, 0.1) is 5.41 Å². The summed E-state index contributed by atoms with van der Waals surface area (Å²) in [5.41, 5.74) is -0.202. The van der Waals surface area contributed by atoms with Crippen LogP contribution < -0.4 is 15.6 Å². The maximum atomic E-state index is 13.4. The second-order valence-corrected chi connectivity index (χ2v) is 10.9. The first-order chi connectivity index (χ1) is 14.3. The molecule has 0 radical (unpaired) electrons. The van der Waals surface area contributed by atoms with Gasteiger partial charge in [-0.05, 0) is 50.8 Å². The number of rotatable bonds is 7. The van der Waals surface area contributed by atoms with Gasteiger partial charge in [0.1, 0.15) is 11.4 Å². The molecule has 0 spiro atoms. The fourth-order valence-electron chi connectivity index (χ4n) is 3.20. The Bertz CT molecular complexity index is 984. The lowest BCUT2D eigenvalue weighted by Crippen LogP contribution is -2.36. The highest BCUT2D eigenvalue weighted by atomic mass is 79.9. The third-order valence-corrected chi connectivity index (χ3v) is 4.96. The van der Waals surface area contributed by atoms with Gasteiger partial charge in [0.05, 0.1) is 24.2 Å². The first-order valence-electron chi connectivity index (χ1n) is 10.8. The first-order valence-corrected chi connectivity index (χ1v) is 11.6. The van der Waals surface area contributed by atoms with Crippen LogP contribution in [0.5, 0.6) is 5.75 Å². The third-order valence-electron chi connectivity index (χ3n) is 4.47. The number of unbranched alkanes of at least 4 members (excludes halogenated alkanes) is 1. The van der Waals surface area contributed by atoms with E-state index in [4.69, 9.17) is 9.47 Å². The Kier molecular flexibility index (Phi) is 8.20. The molecule has 6 nitrogen and oxygen atoms in total. The van der Waals surface area contributed by atoms with Crippen LogP contribution >= 0.6 is 15.9 Å². The lowest BCUT2D eigenvalue weighted by molar-refractivity contribution is 0.0521. The number of nitrogens with zero attached hydrogens (tertiary/aromatic N) is 1. The molecule has 1 aromatic carbocycles. The van der Waals surface area contributed by atoms with Crippen molar-refractivity contribution < 1.29 is 14.3 Å². The Labute approximate surface area is 193 Å². The van der Waals surface area contributed by atoms with Crippen LogP contribution in [0.2, 0.25) is 0 Å². The van der Waals surface area contributed by atoms with Crippen molar-refractivity contribution >= 4 is 32.8 Å².